The van der Waals surface area contributed by atoms with E-state index in [1.807, 2.05) is 12.3 Å². The summed E-state index contributed by atoms with van der Waals surface area (Å²) in [6.07, 6.45) is 9.24. The molecule has 1 fully saturated rings. The molecule has 148 valence electrons. The van der Waals surface area contributed by atoms with Gasteiger partial charge in [0.2, 0.25) is 0 Å². The molecule has 1 unspecified atom stereocenters. The van der Waals surface area contributed by atoms with Crippen LogP contribution in [0.2, 0.25) is 0 Å². The zero-order chi connectivity index (χ0) is 19.8. The second-order valence-electron chi connectivity index (χ2n) is 7.83. The van der Waals surface area contributed by atoms with Gasteiger partial charge in [0, 0.05) is 29.9 Å². The summed E-state index contributed by atoms with van der Waals surface area (Å²) in [7, 11) is 0. The number of nitrogens with zero attached hydrogens (tertiary/aromatic N) is 2. The molecule has 0 aliphatic carbocycles. The van der Waals surface area contributed by atoms with Gasteiger partial charge in [0.1, 0.15) is 11.6 Å². The van der Waals surface area contributed by atoms with E-state index >= 15 is 0 Å². The average molecular weight is 390 g/mol. The second-order valence-corrected chi connectivity index (χ2v) is 7.83. The normalized spacial score (nSPS) is 19.6. The van der Waals surface area contributed by atoms with Gasteiger partial charge in [-0.25, -0.2) is 9.37 Å². The fourth-order valence-corrected chi connectivity index (χ4v) is 4.42. The van der Waals surface area contributed by atoms with Crippen molar-refractivity contribution < 1.29 is 9.18 Å². The number of anilines is 1. The number of aromatic amines is 1. The first-order chi connectivity index (χ1) is 14.2. The van der Waals surface area contributed by atoms with Crippen LogP contribution in [0, 0.1) is 5.82 Å². The molecule has 2 aromatic heterocycles. The Morgan fingerprint density at radius 2 is 2.03 bits per heavy atom. The molecular weight excluding hydrogens is 367 g/mol. The Morgan fingerprint density at radius 3 is 2.90 bits per heavy atom. The zero-order valence-electron chi connectivity index (χ0n) is 16.1. The molecule has 3 aromatic rings. The van der Waals surface area contributed by atoms with Crippen LogP contribution in [0.5, 0.6) is 0 Å². The number of carbonyl (C=O) groups is 1. The SMILES string of the molecule is O=C(Nc1ccc2[nH]cc(C3=CCN4CCCCC4C3)c2n1)c1ccc(F)cc1. The van der Waals surface area contributed by atoms with Crippen LogP contribution in [0.25, 0.3) is 16.6 Å². The molecule has 2 N–H and O–H groups in total. The molecule has 1 atom stereocenters. The lowest BCUT2D eigenvalue weighted by molar-refractivity contribution is 0.102. The van der Waals surface area contributed by atoms with Gasteiger partial charge < -0.3 is 10.3 Å². The van der Waals surface area contributed by atoms with E-state index in [0.717, 1.165) is 29.6 Å². The number of piperidine rings is 1. The molecule has 1 aromatic carbocycles. The third-order valence-electron chi connectivity index (χ3n) is 5.99. The molecular formula is C23H23FN4O. The summed E-state index contributed by atoms with van der Waals surface area (Å²) in [5.41, 5.74) is 4.66. The van der Waals surface area contributed by atoms with Gasteiger partial charge >= 0.3 is 0 Å². The van der Waals surface area contributed by atoms with Gasteiger partial charge in [0.15, 0.2) is 0 Å². The largest absolute Gasteiger partial charge is 0.359 e. The standard InChI is InChI=1S/C23H23FN4O/c24-17-6-4-15(5-7-17)23(29)27-21-9-8-20-22(26-21)19(14-25-20)16-10-12-28-11-2-1-3-18(28)13-16/h4-10,14,18,25H,1-3,11-13H2,(H,26,27,29). The van der Waals surface area contributed by atoms with Gasteiger partial charge in [-0.3, -0.25) is 9.69 Å². The van der Waals surface area contributed by atoms with Crippen LogP contribution in [0.3, 0.4) is 0 Å². The lowest BCUT2D eigenvalue weighted by Gasteiger charge is -2.38. The number of H-pyrrole nitrogens is 1. The number of rotatable bonds is 3. The zero-order valence-corrected chi connectivity index (χ0v) is 16.1. The predicted octanol–water partition coefficient (Wildman–Crippen LogP) is 4.60. The van der Waals surface area contributed by atoms with Crippen molar-refractivity contribution in [2.45, 2.75) is 31.7 Å². The summed E-state index contributed by atoms with van der Waals surface area (Å²) in [4.78, 5) is 23.0. The smallest absolute Gasteiger partial charge is 0.256 e. The van der Waals surface area contributed by atoms with Gasteiger partial charge in [0.05, 0.1) is 11.0 Å². The Bertz CT molecular complexity index is 1090. The van der Waals surface area contributed by atoms with Gasteiger partial charge in [-0.15, -0.1) is 0 Å². The van der Waals surface area contributed by atoms with Gasteiger partial charge in [-0.1, -0.05) is 12.5 Å². The van der Waals surface area contributed by atoms with Crippen molar-refractivity contribution in [1.82, 2.24) is 14.9 Å². The Morgan fingerprint density at radius 1 is 1.17 bits per heavy atom. The highest BCUT2D eigenvalue weighted by Gasteiger charge is 2.27. The number of amides is 1. The molecule has 2 aliphatic rings. The lowest BCUT2D eigenvalue weighted by atomic mass is 9.89. The lowest BCUT2D eigenvalue weighted by Crippen LogP contribution is -2.41. The number of pyridine rings is 1. The highest BCUT2D eigenvalue weighted by molar-refractivity contribution is 6.04. The number of nitrogens with one attached hydrogen (secondary N) is 2. The summed E-state index contributed by atoms with van der Waals surface area (Å²) in [5, 5.41) is 2.82. The minimum absolute atomic E-state index is 0.302. The average Bonchev–Trinajstić information content (AvgIpc) is 3.17. The molecule has 1 amide bonds. The van der Waals surface area contributed by atoms with Crippen LogP contribution in [-0.2, 0) is 0 Å². The van der Waals surface area contributed by atoms with Gasteiger partial charge in [-0.05, 0) is 67.8 Å². The highest BCUT2D eigenvalue weighted by atomic mass is 19.1. The fourth-order valence-electron chi connectivity index (χ4n) is 4.42. The molecule has 0 spiro atoms. The molecule has 5 rings (SSSR count). The summed E-state index contributed by atoms with van der Waals surface area (Å²) < 4.78 is 13.1. The quantitative estimate of drug-likeness (QED) is 0.687. The third kappa shape index (κ3) is 3.56. The first-order valence-corrected chi connectivity index (χ1v) is 10.2. The number of halogens is 1. The van der Waals surface area contributed by atoms with Crippen molar-refractivity contribution in [1.29, 1.82) is 0 Å². The molecule has 2 aliphatic heterocycles. The number of carbonyl (C=O) groups excluding carboxylic acids is 1. The van der Waals surface area contributed by atoms with Gasteiger partial charge in [-0.2, -0.15) is 0 Å². The van der Waals surface area contributed by atoms with Crippen LogP contribution < -0.4 is 5.32 Å². The Balaban J connectivity index is 1.41. The Kier molecular flexibility index (Phi) is 4.64. The number of hydrogen-bond acceptors (Lipinski definition) is 3. The Hall–Kier alpha value is -2.99. The maximum absolute atomic E-state index is 13.1. The summed E-state index contributed by atoms with van der Waals surface area (Å²) >= 11 is 0. The third-order valence-corrected chi connectivity index (χ3v) is 5.99. The van der Waals surface area contributed by atoms with E-state index in [-0.39, 0.29) is 11.7 Å². The van der Waals surface area contributed by atoms with Gasteiger partial charge in [0.25, 0.3) is 5.91 Å². The van der Waals surface area contributed by atoms with E-state index in [9.17, 15) is 9.18 Å². The summed E-state index contributed by atoms with van der Waals surface area (Å²) in [5.74, 6) is -0.178. The van der Waals surface area contributed by atoms with E-state index in [1.165, 1.54) is 55.6 Å². The minimum atomic E-state index is -0.365. The fraction of sp³-hybridized carbons (Fsp3) is 0.304. The van der Waals surface area contributed by atoms with E-state index in [0.29, 0.717) is 17.4 Å². The van der Waals surface area contributed by atoms with Crippen LogP contribution in [-0.4, -0.2) is 39.9 Å². The second kappa shape index (κ2) is 7.44. The summed E-state index contributed by atoms with van der Waals surface area (Å²) in [6.45, 7) is 2.19. The first kappa shape index (κ1) is 18.1. The van der Waals surface area contributed by atoms with E-state index in [1.54, 1.807) is 6.07 Å². The van der Waals surface area contributed by atoms with Crippen LogP contribution in [0.1, 0.15) is 41.6 Å². The molecule has 1 saturated heterocycles. The molecule has 29 heavy (non-hydrogen) atoms. The first-order valence-electron chi connectivity index (χ1n) is 10.2. The monoisotopic (exact) mass is 390 g/mol. The van der Waals surface area contributed by atoms with Crippen LogP contribution in [0.15, 0.2) is 48.7 Å². The maximum Gasteiger partial charge on any atom is 0.256 e. The molecule has 0 bridgehead atoms. The van der Waals surface area contributed by atoms with Crippen molar-refractivity contribution in [2.75, 3.05) is 18.4 Å². The van der Waals surface area contributed by atoms with Crippen molar-refractivity contribution in [2.24, 2.45) is 0 Å². The number of benzene rings is 1. The molecule has 5 nitrogen and oxygen atoms in total. The minimum Gasteiger partial charge on any atom is -0.359 e. The molecule has 0 radical (unpaired) electrons. The number of aromatic nitrogens is 2. The highest BCUT2D eigenvalue weighted by Crippen LogP contribution is 2.34. The predicted molar refractivity (Wildman–Crippen MR) is 112 cm³/mol. The number of hydrogen-bond donors (Lipinski definition) is 2. The van der Waals surface area contributed by atoms with E-state index in [2.05, 4.69) is 21.3 Å². The van der Waals surface area contributed by atoms with E-state index < -0.39 is 0 Å². The van der Waals surface area contributed by atoms with Crippen LogP contribution >= 0.6 is 0 Å². The topological polar surface area (TPSA) is 61.0 Å². The van der Waals surface area contributed by atoms with Crippen molar-refractivity contribution in [3.05, 3.63) is 65.6 Å². The summed E-state index contributed by atoms with van der Waals surface area (Å²) in [6, 6.07) is 9.82. The van der Waals surface area contributed by atoms with Crippen molar-refractivity contribution in [3.8, 4) is 0 Å². The molecule has 6 heteroatoms. The Labute approximate surface area is 168 Å². The van der Waals surface area contributed by atoms with Crippen LogP contribution in [0.4, 0.5) is 10.2 Å². The van der Waals surface area contributed by atoms with Crippen molar-refractivity contribution >= 4 is 28.3 Å². The number of fused-ring (bicyclic) bond motifs is 2. The van der Waals surface area contributed by atoms with Crippen molar-refractivity contribution in [3.63, 3.8) is 0 Å². The van der Waals surface area contributed by atoms with E-state index in [4.69, 9.17) is 4.98 Å². The molecule has 4 heterocycles. The molecule has 0 saturated carbocycles. The maximum atomic E-state index is 13.1.